The number of hydrogen-bond acceptors (Lipinski definition) is 4. The Kier molecular flexibility index (Phi) is 7.63. The first-order chi connectivity index (χ1) is 6.20. The molecule has 0 aromatic rings. The third kappa shape index (κ3) is 7.74. The fraction of sp³-hybridized carbons (Fsp3) is 0.889. The lowest BCUT2D eigenvalue weighted by Crippen LogP contribution is -2.20. The third-order valence-corrected chi connectivity index (χ3v) is 1.58. The number of esters is 1. The lowest BCUT2D eigenvalue weighted by Gasteiger charge is -2.09. The van der Waals surface area contributed by atoms with Crippen molar-refractivity contribution in [1.82, 2.24) is 0 Å². The fourth-order valence-electron chi connectivity index (χ4n) is 0.800. The summed E-state index contributed by atoms with van der Waals surface area (Å²) < 4.78 is 9.52. The van der Waals surface area contributed by atoms with E-state index in [-0.39, 0.29) is 13.0 Å². The minimum absolute atomic E-state index is 0.00260. The molecule has 1 unspecified atom stereocenters. The summed E-state index contributed by atoms with van der Waals surface area (Å²) in [4.78, 5) is 10.7. The molecule has 4 heteroatoms. The van der Waals surface area contributed by atoms with Gasteiger partial charge in [0.25, 0.3) is 0 Å². The minimum atomic E-state index is -0.746. The first-order valence-corrected chi connectivity index (χ1v) is 4.53. The van der Waals surface area contributed by atoms with Crippen LogP contribution in [-0.4, -0.2) is 37.5 Å². The van der Waals surface area contributed by atoms with Crippen LogP contribution in [0.1, 0.15) is 26.2 Å². The predicted molar refractivity (Wildman–Crippen MR) is 48.4 cm³/mol. The summed E-state index contributed by atoms with van der Waals surface area (Å²) in [6.45, 7) is 2.90. The van der Waals surface area contributed by atoms with E-state index in [1.807, 2.05) is 0 Å². The number of carbonyl (C=O) groups is 1. The van der Waals surface area contributed by atoms with E-state index in [0.717, 1.165) is 12.8 Å². The number of aliphatic hydroxyl groups excluding tert-OH is 1. The van der Waals surface area contributed by atoms with Crippen LogP contribution in [0.25, 0.3) is 0 Å². The Morgan fingerprint density at radius 2 is 2.23 bits per heavy atom. The van der Waals surface area contributed by atoms with Gasteiger partial charge in [-0.2, -0.15) is 0 Å². The lowest BCUT2D eigenvalue weighted by atomic mass is 10.3. The number of rotatable bonds is 7. The van der Waals surface area contributed by atoms with Crippen LogP contribution in [0.3, 0.4) is 0 Å². The summed E-state index contributed by atoms with van der Waals surface area (Å²) in [5, 5.41) is 9.22. The van der Waals surface area contributed by atoms with Crippen LogP contribution < -0.4 is 0 Å². The predicted octanol–water partition coefficient (Wildman–Crippen LogP) is 0.727. The highest BCUT2D eigenvalue weighted by Gasteiger charge is 2.10. The van der Waals surface area contributed by atoms with Crippen LogP contribution in [0, 0.1) is 0 Å². The topological polar surface area (TPSA) is 55.8 Å². The van der Waals surface area contributed by atoms with Crippen molar-refractivity contribution in [2.24, 2.45) is 0 Å². The lowest BCUT2D eigenvalue weighted by molar-refractivity contribution is -0.143. The highest BCUT2D eigenvalue weighted by Crippen LogP contribution is 1.96. The molecule has 0 amide bonds. The van der Waals surface area contributed by atoms with E-state index in [2.05, 4.69) is 11.7 Å². The van der Waals surface area contributed by atoms with Crippen molar-refractivity contribution in [3.8, 4) is 0 Å². The van der Waals surface area contributed by atoms with Gasteiger partial charge < -0.3 is 14.6 Å². The smallest absolute Gasteiger partial charge is 0.308 e. The van der Waals surface area contributed by atoms with Crippen molar-refractivity contribution < 1.29 is 19.4 Å². The van der Waals surface area contributed by atoms with E-state index < -0.39 is 12.1 Å². The van der Waals surface area contributed by atoms with Gasteiger partial charge in [-0.1, -0.05) is 13.3 Å². The van der Waals surface area contributed by atoms with E-state index in [1.54, 1.807) is 0 Å². The van der Waals surface area contributed by atoms with Crippen LogP contribution in [-0.2, 0) is 14.3 Å². The second-order valence-corrected chi connectivity index (χ2v) is 2.86. The molecule has 0 rings (SSSR count). The van der Waals surface area contributed by atoms with E-state index >= 15 is 0 Å². The van der Waals surface area contributed by atoms with Gasteiger partial charge in [-0.3, -0.25) is 4.79 Å². The number of carbonyl (C=O) groups excluding carboxylic acids is 1. The molecule has 1 N–H and O–H groups in total. The van der Waals surface area contributed by atoms with Gasteiger partial charge in [0.2, 0.25) is 0 Å². The van der Waals surface area contributed by atoms with Crippen LogP contribution >= 0.6 is 0 Å². The van der Waals surface area contributed by atoms with Gasteiger partial charge in [-0.15, -0.1) is 0 Å². The molecule has 0 bridgehead atoms. The summed E-state index contributed by atoms with van der Waals surface area (Å²) in [7, 11) is 1.30. The zero-order chi connectivity index (χ0) is 10.1. The third-order valence-electron chi connectivity index (χ3n) is 1.58. The number of unbranched alkanes of at least 4 members (excludes halogenated alkanes) is 1. The van der Waals surface area contributed by atoms with Gasteiger partial charge in [-0.25, -0.2) is 0 Å². The number of hydrogen-bond donors (Lipinski definition) is 1. The van der Waals surface area contributed by atoms with Crippen LogP contribution in [0.5, 0.6) is 0 Å². The average Bonchev–Trinajstić information content (AvgIpc) is 2.12. The number of ether oxygens (including phenoxy) is 2. The molecule has 0 saturated carbocycles. The SMILES string of the molecule is CCCCOCC(O)CC(=O)OC. The molecular weight excluding hydrogens is 172 g/mol. The highest BCUT2D eigenvalue weighted by atomic mass is 16.5. The molecule has 0 aromatic heterocycles. The van der Waals surface area contributed by atoms with Gasteiger partial charge in [-0.05, 0) is 6.42 Å². The Morgan fingerprint density at radius 3 is 2.77 bits per heavy atom. The molecule has 0 heterocycles. The Labute approximate surface area is 78.8 Å². The fourth-order valence-corrected chi connectivity index (χ4v) is 0.800. The molecule has 1 atom stereocenters. The Balaban J connectivity index is 3.29. The van der Waals surface area contributed by atoms with E-state index in [4.69, 9.17) is 4.74 Å². The Bertz CT molecular complexity index is 136. The number of aliphatic hydroxyl groups is 1. The summed E-state index contributed by atoms with van der Waals surface area (Å²) in [6, 6.07) is 0. The molecule has 13 heavy (non-hydrogen) atoms. The molecule has 0 aliphatic heterocycles. The van der Waals surface area contributed by atoms with Crippen molar-refractivity contribution >= 4 is 5.97 Å². The second-order valence-electron chi connectivity index (χ2n) is 2.86. The maximum Gasteiger partial charge on any atom is 0.308 e. The monoisotopic (exact) mass is 190 g/mol. The van der Waals surface area contributed by atoms with Gasteiger partial charge in [0.05, 0.1) is 26.2 Å². The van der Waals surface area contributed by atoms with Gasteiger partial charge >= 0.3 is 5.97 Å². The van der Waals surface area contributed by atoms with Crippen molar-refractivity contribution in [1.29, 1.82) is 0 Å². The molecule has 4 nitrogen and oxygen atoms in total. The van der Waals surface area contributed by atoms with Crippen LogP contribution in [0.4, 0.5) is 0 Å². The number of methoxy groups -OCH3 is 1. The average molecular weight is 190 g/mol. The molecule has 0 spiro atoms. The quantitative estimate of drug-likeness (QED) is 0.475. The van der Waals surface area contributed by atoms with E-state index in [1.165, 1.54) is 7.11 Å². The summed E-state index contributed by atoms with van der Waals surface area (Å²) in [5.41, 5.74) is 0. The Hall–Kier alpha value is -0.610. The Morgan fingerprint density at radius 1 is 1.54 bits per heavy atom. The molecule has 0 aliphatic rings. The minimum Gasteiger partial charge on any atom is -0.469 e. The van der Waals surface area contributed by atoms with Crippen molar-refractivity contribution in [3.63, 3.8) is 0 Å². The standard InChI is InChI=1S/C9H18O4/c1-3-4-5-13-7-8(10)6-9(11)12-2/h8,10H,3-7H2,1-2H3. The maximum atomic E-state index is 10.7. The summed E-state index contributed by atoms with van der Waals surface area (Å²) in [5.74, 6) is -0.411. The van der Waals surface area contributed by atoms with Gasteiger partial charge in [0, 0.05) is 6.61 Å². The largest absolute Gasteiger partial charge is 0.469 e. The second kappa shape index (κ2) is 8.01. The normalized spacial score (nSPS) is 12.5. The molecule has 0 aromatic carbocycles. The highest BCUT2D eigenvalue weighted by molar-refractivity contribution is 5.69. The zero-order valence-corrected chi connectivity index (χ0v) is 8.28. The molecule has 0 saturated heterocycles. The molecule has 0 aliphatic carbocycles. The maximum absolute atomic E-state index is 10.7. The van der Waals surface area contributed by atoms with Crippen molar-refractivity contribution in [3.05, 3.63) is 0 Å². The van der Waals surface area contributed by atoms with E-state index in [9.17, 15) is 9.90 Å². The van der Waals surface area contributed by atoms with Gasteiger partial charge in [0.1, 0.15) is 0 Å². The van der Waals surface area contributed by atoms with Crippen molar-refractivity contribution in [2.45, 2.75) is 32.3 Å². The molecule has 0 radical (unpaired) electrons. The summed E-state index contributed by atoms with van der Waals surface area (Å²) in [6.07, 6.45) is 1.30. The summed E-state index contributed by atoms with van der Waals surface area (Å²) >= 11 is 0. The molecule has 0 fully saturated rings. The van der Waals surface area contributed by atoms with Crippen molar-refractivity contribution in [2.75, 3.05) is 20.3 Å². The van der Waals surface area contributed by atoms with Gasteiger partial charge in [0.15, 0.2) is 0 Å². The zero-order valence-electron chi connectivity index (χ0n) is 8.28. The van der Waals surface area contributed by atoms with E-state index in [0.29, 0.717) is 6.61 Å². The first-order valence-electron chi connectivity index (χ1n) is 4.53. The molecule has 78 valence electrons. The first kappa shape index (κ1) is 12.4. The van der Waals surface area contributed by atoms with Crippen LogP contribution in [0.15, 0.2) is 0 Å². The van der Waals surface area contributed by atoms with Crippen LogP contribution in [0.2, 0.25) is 0 Å². The molecular formula is C9H18O4.